The Balaban J connectivity index is 1.85. The molecule has 0 atom stereocenters. The largest absolute Gasteiger partial charge is 0.492 e. The van der Waals surface area contributed by atoms with Gasteiger partial charge in [0.1, 0.15) is 18.9 Å². The standard InChI is InChI=1S/C20H26N2O4S/c1-4-17-7-11-19(12-8-17)26-14-13-21-20(23)15-22(27(3,24)25)18-9-5-16(2)6-10-18/h5-12H,4,13-15H2,1-3H3,(H,21,23). The molecule has 0 aliphatic rings. The second-order valence-corrected chi connectivity index (χ2v) is 8.21. The van der Waals surface area contributed by atoms with Gasteiger partial charge in [0, 0.05) is 0 Å². The van der Waals surface area contributed by atoms with Crippen molar-refractivity contribution in [2.75, 3.05) is 30.3 Å². The fourth-order valence-electron chi connectivity index (χ4n) is 2.48. The van der Waals surface area contributed by atoms with Crippen LogP contribution in [0.3, 0.4) is 0 Å². The van der Waals surface area contributed by atoms with Crippen LogP contribution in [0.2, 0.25) is 0 Å². The number of aryl methyl sites for hydroxylation is 2. The number of carbonyl (C=O) groups excluding carboxylic acids is 1. The average Bonchev–Trinajstić information content (AvgIpc) is 2.64. The smallest absolute Gasteiger partial charge is 0.240 e. The summed E-state index contributed by atoms with van der Waals surface area (Å²) < 4.78 is 30.8. The van der Waals surface area contributed by atoms with Crippen LogP contribution in [-0.4, -0.2) is 40.3 Å². The zero-order chi connectivity index (χ0) is 19.9. The SMILES string of the molecule is CCc1ccc(OCCNC(=O)CN(c2ccc(C)cc2)S(C)(=O)=O)cc1. The van der Waals surface area contributed by atoms with Crippen molar-refractivity contribution in [1.82, 2.24) is 5.32 Å². The lowest BCUT2D eigenvalue weighted by atomic mass is 10.2. The summed E-state index contributed by atoms with van der Waals surface area (Å²) >= 11 is 0. The lowest BCUT2D eigenvalue weighted by Crippen LogP contribution is -2.41. The van der Waals surface area contributed by atoms with E-state index in [9.17, 15) is 13.2 Å². The number of nitrogens with zero attached hydrogens (tertiary/aromatic N) is 1. The molecular weight excluding hydrogens is 364 g/mol. The van der Waals surface area contributed by atoms with Crippen LogP contribution in [0.15, 0.2) is 48.5 Å². The van der Waals surface area contributed by atoms with Crippen molar-refractivity contribution in [2.45, 2.75) is 20.3 Å². The Kier molecular flexibility index (Phi) is 7.24. The van der Waals surface area contributed by atoms with Crippen LogP contribution in [0, 0.1) is 6.92 Å². The molecule has 0 bridgehead atoms. The molecule has 0 spiro atoms. The highest BCUT2D eigenvalue weighted by Crippen LogP contribution is 2.17. The molecule has 0 saturated heterocycles. The third kappa shape index (κ3) is 6.60. The van der Waals surface area contributed by atoms with E-state index in [-0.39, 0.29) is 12.5 Å². The van der Waals surface area contributed by atoms with Gasteiger partial charge in [0.15, 0.2) is 0 Å². The second kappa shape index (κ2) is 9.41. The normalized spacial score (nSPS) is 11.1. The van der Waals surface area contributed by atoms with Crippen molar-refractivity contribution in [3.63, 3.8) is 0 Å². The number of hydrogen-bond donors (Lipinski definition) is 1. The van der Waals surface area contributed by atoms with Gasteiger partial charge >= 0.3 is 0 Å². The van der Waals surface area contributed by atoms with Crippen LogP contribution in [0.25, 0.3) is 0 Å². The van der Waals surface area contributed by atoms with Crippen LogP contribution >= 0.6 is 0 Å². The maximum absolute atomic E-state index is 12.2. The van der Waals surface area contributed by atoms with Gasteiger partial charge < -0.3 is 10.1 Å². The summed E-state index contributed by atoms with van der Waals surface area (Å²) in [5, 5.41) is 2.69. The van der Waals surface area contributed by atoms with Crippen molar-refractivity contribution in [3.05, 3.63) is 59.7 Å². The van der Waals surface area contributed by atoms with Gasteiger partial charge in [-0.2, -0.15) is 0 Å². The number of ether oxygens (including phenoxy) is 1. The second-order valence-electron chi connectivity index (χ2n) is 6.30. The summed E-state index contributed by atoms with van der Waals surface area (Å²) in [6.07, 6.45) is 2.05. The number of carbonyl (C=O) groups is 1. The minimum absolute atomic E-state index is 0.271. The monoisotopic (exact) mass is 390 g/mol. The molecule has 146 valence electrons. The predicted octanol–water partition coefficient (Wildman–Crippen LogP) is 2.52. The molecule has 0 fully saturated rings. The summed E-state index contributed by atoms with van der Waals surface area (Å²) in [5.74, 6) is 0.352. The van der Waals surface area contributed by atoms with E-state index >= 15 is 0 Å². The molecular formula is C20H26N2O4S. The van der Waals surface area contributed by atoms with Gasteiger partial charge in [0.2, 0.25) is 15.9 Å². The molecule has 6 nitrogen and oxygen atoms in total. The summed E-state index contributed by atoms with van der Waals surface area (Å²) in [7, 11) is -3.56. The van der Waals surface area contributed by atoms with Gasteiger partial charge in [-0.1, -0.05) is 36.8 Å². The minimum Gasteiger partial charge on any atom is -0.492 e. The van der Waals surface area contributed by atoms with Crippen LogP contribution < -0.4 is 14.4 Å². The Hall–Kier alpha value is -2.54. The fourth-order valence-corrected chi connectivity index (χ4v) is 3.33. The van der Waals surface area contributed by atoms with Crippen LogP contribution in [0.1, 0.15) is 18.1 Å². The van der Waals surface area contributed by atoms with Gasteiger partial charge in [-0.3, -0.25) is 9.10 Å². The zero-order valence-corrected chi connectivity index (χ0v) is 16.8. The quantitative estimate of drug-likeness (QED) is 0.668. The highest BCUT2D eigenvalue weighted by atomic mass is 32.2. The van der Waals surface area contributed by atoms with Crippen LogP contribution in [-0.2, 0) is 21.2 Å². The van der Waals surface area contributed by atoms with E-state index < -0.39 is 10.0 Å². The molecule has 1 N–H and O–H groups in total. The first-order valence-corrected chi connectivity index (χ1v) is 10.7. The van der Waals surface area contributed by atoms with E-state index in [1.807, 2.05) is 43.3 Å². The molecule has 2 aromatic carbocycles. The fraction of sp³-hybridized carbons (Fsp3) is 0.350. The zero-order valence-electron chi connectivity index (χ0n) is 15.9. The number of sulfonamides is 1. The van der Waals surface area contributed by atoms with Crippen molar-refractivity contribution < 1.29 is 17.9 Å². The average molecular weight is 391 g/mol. The van der Waals surface area contributed by atoms with Gasteiger partial charge in [-0.25, -0.2) is 8.42 Å². The molecule has 0 heterocycles. The van der Waals surface area contributed by atoms with Crippen molar-refractivity contribution >= 4 is 21.6 Å². The van der Waals surface area contributed by atoms with Crippen LogP contribution in [0.5, 0.6) is 5.75 Å². The Labute approximate surface area is 161 Å². The van der Waals surface area contributed by atoms with E-state index in [1.165, 1.54) is 5.56 Å². The number of rotatable bonds is 9. The molecule has 0 saturated carbocycles. The van der Waals surface area contributed by atoms with Gasteiger partial charge in [-0.05, 0) is 43.2 Å². The third-order valence-corrected chi connectivity index (χ3v) is 5.17. The lowest BCUT2D eigenvalue weighted by Gasteiger charge is -2.22. The highest BCUT2D eigenvalue weighted by Gasteiger charge is 2.20. The first-order valence-electron chi connectivity index (χ1n) is 8.82. The summed E-state index contributed by atoms with van der Waals surface area (Å²) in [6, 6.07) is 14.8. The maximum atomic E-state index is 12.2. The van der Waals surface area contributed by atoms with Crippen molar-refractivity contribution in [3.8, 4) is 5.75 Å². The Morgan fingerprint density at radius 3 is 2.26 bits per heavy atom. The summed E-state index contributed by atoms with van der Waals surface area (Å²) in [4.78, 5) is 12.2. The van der Waals surface area contributed by atoms with E-state index in [1.54, 1.807) is 12.1 Å². The Morgan fingerprint density at radius 2 is 1.70 bits per heavy atom. The third-order valence-electron chi connectivity index (χ3n) is 4.03. The summed E-state index contributed by atoms with van der Waals surface area (Å²) in [6.45, 7) is 4.33. The molecule has 0 unspecified atom stereocenters. The summed E-state index contributed by atoms with van der Waals surface area (Å²) in [5.41, 5.74) is 2.71. The maximum Gasteiger partial charge on any atom is 0.240 e. The molecule has 2 aromatic rings. The Morgan fingerprint density at radius 1 is 1.07 bits per heavy atom. The van der Waals surface area contributed by atoms with Crippen molar-refractivity contribution in [1.29, 1.82) is 0 Å². The topological polar surface area (TPSA) is 75.7 Å². The van der Waals surface area contributed by atoms with Crippen molar-refractivity contribution in [2.24, 2.45) is 0 Å². The van der Waals surface area contributed by atoms with Crippen LogP contribution in [0.4, 0.5) is 5.69 Å². The van der Waals surface area contributed by atoms with Gasteiger partial charge in [0.05, 0.1) is 18.5 Å². The number of hydrogen-bond acceptors (Lipinski definition) is 4. The first kappa shape index (κ1) is 20.8. The Bertz CT molecular complexity index is 847. The first-order chi connectivity index (χ1) is 12.8. The number of anilines is 1. The molecule has 2 rings (SSSR count). The predicted molar refractivity (Wildman–Crippen MR) is 108 cm³/mol. The number of benzene rings is 2. The molecule has 0 aromatic heterocycles. The number of amides is 1. The minimum atomic E-state index is -3.56. The van der Waals surface area contributed by atoms with Gasteiger partial charge in [-0.15, -0.1) is 0 Å². The van der Waals surface area contributed by atoms with E-state index in [0.717, 1.165) is 28.3 Å². The highest BCUT2D eigenvalue weighted by molar-refractivity contribution is 7.92. The lowest BCUT2D eigenvalue weighted by molar-refractivity contribution is -0.119. The molecule has 1 amide bonds. The molecule has 0 aliphatic carbocycles. The number of nitrogens with one attached hydrogen (secondary N) is 1. The molecule has 0 radical (unpaired) electrons. The van der Waals surface area contributed by atoms with E-state index in [4.69, 9.17) is 4.74 Å². The van der Waals surface area contributed by atoms with Gasteiger partial charge in [0.25, 0.3) is 0 Å². The molecule has 27 heavy (non-hydrogen) atoms. The van der Waals surface area contributed by atoms with E-state index in [2.05, 4.69) is 12.2 Å². The molecule has 0 aliphatic heterocycles. The van der Waals surface area contributed by atoms with E-state index in [0.29, 0.717) is 18.8 Å². The molecule has 7 heteroatoms.